The molecule has 1 aromatic rings. The maximum Gasteiger partial charge on any atom is 0.119 e. The normalized spacial score (nSPS) is 22.7. The van der Waals surface area contributed by atoms with Crippen molar-refractivity contribution >= 4 is 0 Å². The van der Waals surface area contributed by atoms with Crippen molar-refractivity contribution in [2.75, 3.05) is 19.8 Å². The van der Waals surface area contributed by atoms with Gasteiger partial charge in [-0.1, -0.05) is 38.8 Å². The number of benzene rings is 1. The average Bonchev–Trinajstić information content (AvgIpc) is 2.49. The van der Waals surface area contributed by atoms with Crippen LogP contribution in [-0.4, -0.2) is 25.9 Å². The molecular weight excluding hydrogens is 252 g/mol. The highest BCUT2D eigenvalue weighted by Gasteiger charge is 2.22. The second kappa shape index (κ2) is 8.28. The molecule has 112 valence electrons. The van der Waals surface area contributed by atoms with Crippen LogP contribution >= 0.6 is 0 Å². The van der Waals surface area contributed by atoms with E-state index in [9.17, 15) is 0 Å². The standard InChI is InChI=1S/C17H26O3/c1-3-5-11-18-15-9-7-14(8-10-15)17-13-19-16(6-4-2)12-20-17/h7-10,16-17H,3-6,11-13H2,1-2H3/t16-,17-/m1/s1. The maximum absolute atomic E-state index is 5.90. The van der Waals surface area contributed by atoms with Crippen molar-refractivity contribution in [1.29, 1.82) is 0 Å². The molecule has 3 heteroatoms. The van der Waals surface area contributed by atoms with Crippen molar-refractivity contribution < 1.29 is 14.2 Å². The Morgan fingerprint density at radius 3 is 2.45 bits per heavy atom. The summed E-state index contributed by atoms with van der Waals surface area (Å²) in [5, 5.41) is 0. The van der Waals surface area contributed by atoms with Crippen molar-refractivity contribution in [2.24, 2.45) is 0 Å². The van der Waals surface area contributed by atoms with Gasteiger partial charge in [0.2, 0.25) is 0 Å². The lowest BCUT2D eigenvalue weighted by Crippen LogP contribution is -2.30. The quantitative estimate of drug-likeness (QED) is 0.702. The predicted octanol–water partition coefficient (Wildman–Crippen LogP) is 4.12. The molecule has 0 amide bonds. The zero-order valence-corrected chi connectivity index (χ0v) is 12.6. The fraction of sp³-hybridized carbons (Fsp3) is 0.647. The summed E-state index contributed by atoms with van der Waals surface area (Å²) in [6, 6.07) is 8.20. The van der Waals surface area contributed by atoms with Gasteiger partial charge in [0.15, 0.2) is 0 Å². The lowest BCUT2D eigenvalue weighted by atomic mass is 10.1. The predicted molar refractivity (Wildman–Crippen MR) is 80.2 cm³/mol. The minimum Gasteiger partial charge on any atom is -0.494 e. The number of hydrogen-bond donors (Lipinski definition) is 0. The van der Waals surface area contributed by atoms with E-state index in [0.717, 1.165) is 38.0 Å². The molecule has 2 atom stereocenters. The van der Waals surface area contributed by atoms with Crippen molar-refractivity contribution in [3.8, 4) is 5.75 Å². The molecule has 2 rings (SSSR count). The number of rotatable bonds is 7. The van der Waals surface area contributed by atoms with Crippen LogP contribution in [0, 0.1) is 0 Å². The highest BCUT2D eigenvalue weighted by Crippen LogP contribution is 2.26. The average molecular weight is 278 g/mol. The maximum atomic E-state index is 5.90. The second-order valence-electron chi connectivity index (χ2n) is 5.34. The van der Waals surface area contributed by atoms with Crippen LogP contribution in [0.3, 0.4) is 0 Å². The van der Waals surface area contributed by atoms with Gasteiger partial charge >= 0.3 is 0 Å². The third kappa shape index (κ3) is 4.50. The summed E-state index contributed by atoms with van der Waals surface area (Å²) in [7, 11) is 0. The van der Waals surface area contributed by atoms with Gasteiger partial charge in [-0.15, -0.1) is 0 Å². The van der Waals surface area contributed by atoms with Crippen LogP contribution in [0.15, 0.2) is 24.3 Å². The smallest absolute Gasteiger partial charge is 0.119 e. The second-order valence-corrected chi connectivity index (χ2v) is 5.34. The van der Waals surface area contributed by atoms with E-state index < -0.39 is 0 Å². The summed E-state index contributed by atoms with van der Waals surface area (Å²) in [6.07, 6.45) is 4.81. The lowest BCUT2D eigenvalue weighted by molar-refractivity contribution is -0.137. The number of unbranched alkanes of at least 4 members (excludes halogenated alkanes) is 1. The van der Waals surface area contributed by atoms with Crippen LogP contribution in [0.2, 0.25) is 0 Å². The molecule has 20 heavy (non-hydrogen) atoms. The van der Waals surface area contributed by atoms with E-state index >= 15 is 0 Å². The van der Waals surface area contributed by atoms with E-state index in [4.69, 9.17) is 14.2 Å². The molecule has 0 unspecified atom stereocenters. The van der Waals surface area contributed by atoms with Gasteiger partial charge in [-0.3, -0.25) is 0 Å². The molecule has 1 heterocycles. The van der Waals surface area contributed by atoms with E-state index in [1.807, 2.05) is 12.1 Å². The molecule has 0 bridgehead atoms. The third-order valence-corrected chi connectivity index (χ3v) is 3.60. The van der Waals surface area contributed by atoms with Gasteiger partial charge in [0.25, 0.3) is 0 Å². The van der Waals surface area contributed by atoms with Crippen LogP contribution in [0.4, 0.5) is 0 Å². The molecule has 1 aromatic carbocycles. The highest BCUT2D eigenvalue weighted by atomic mass is 16.6. The van der Waals surface area contributed by atoms with Gasteiger partial charge in [-0.25, -0.2) is 0 Å². The fourth-order valence-corrected chi connectivity index (χ4v) is 2.34. The SMILES string of the molecule is CCCCOc1ccc([C@H]2CO[C@H](CCC)CO2)cc1. The Kier molecular flexibility index (Phi) is 6.34. The Hall–Kier alpha value is -1.06. The van der Waals surface area contributed by atoms with E-state index in [1.54, 1.807) is 0 Å². The van der Waals surface area contributed by atoms with Gasteiger partial charge in [0, 0.05) is 0 Å². The molecule has 0 N–H and O–H groups in total. The summed E-state index contributed by atoms with van der Waals surface area (Å²) < 4.78 is 17.4. The Balaban J connectivity index is 1.81. The first-order valence-electron chi connectivity index (χ1n) is 7.79. The molecule has 1 fully saturated rings. The van der Waals surface area contributed by atoms with Gasteiger partial charge < -0.3 is 14.2 Å². The summed E-state index contributed by atoms with van der Waals surface area (Å²) in [4.78, 5) is 0. The summed E-state index contributed by atoms with van der Waals surface area (Å²) in [6.45, 7) is 6.48. The Morgan fingerprint density at radius 1 is 1.05 bits per heavy atom. The first-order valence-corrected chi connectivity index (χ1v) is 7.79. The molecule has 0 aliphatic carbocycles. The van der Waals surface area contributed by atoms with Crippen molar-refractivity contribution in [2.45, 2.75) is 51.7 Å². The molecule has 0 radical (unpaired) electrons. The first-order chi connectivity index (χ1) is 9.83. The Bertz CT molecular complexity index is 366. The molecule has 0 aromatic heterocycles. The zero-order chi connectivity index (χ0) is 14.2. The zero-order valence-electron chi connectivity index (χ0n) is 12.6. The van der Waals surface area contributed by atoms with Gasteiger partial charge in [0.05, 0.1) is 25.9 Å². The van der Waals surface area contributed by atoms with Crippen LogP contribution in [0.1, 0.15) is 51.2 Å². The van der Waals surface area contributed by atoms with E-state index in [-0.39, 0.29) is 12.2 Å². The highest BCUT2D eigenvalue weighted by molar-refractivity contribution is 5.28. The minimum absolute atomic E-state index is 0.0628. The van der Waals surface area contributed by atoms with Crippen LogP contribution in [0.5, 0.6) is 5.75 Å². The monoisotopic (exact) mass is 278 g/mol. The Morgan fingerprint density at radius 2 is 1.85 bits per heavy atom. The Labute approximate surface area is 122 Å². The van der Waals surface area contributed by atoms with E-state index in [0.29, 0.717) is 13.2 Å². The van der Waals surface area contributed by atoms with Crippen molar-refractivity contribution in [3.05, 3.63) is 29.8 Å². The number of ether oxygens (including phenoxy) is 3. The fourth-order valence-electron chi connectivity index (χ4n) is 2.34. The molecule has 3 nitrogen and oxygen atoms in total. The molecule has 0 spiro atoms. The summed E-state index contributed by atoms with van der Waals surface area (Å²) >= 11 is 0. The summed E-state index contributed by atoms with van der Waals surface area (Å²) in [5.74, 6) is 0.933. The molecule has 0 saturated carbocycles. The van der Waals surface area contributed by atoms with Crippen molar-refractivity contribution in [1.82, 2.24) is 0 Å². The largest absolute Gasteiger partial charge is 0.494 e. The van der Waals surface area contributed by atoms with Gasteiger partial charge in [0.1, 0.15) is 11.9 Å². The topological polar surface area (TPSA) is 27.7 Å². The van der Waals surface area contributed by atoms with E-state index in [1.165, 1.54) is 5.56 Å². The van der Waals surface area contributed by atoms with Crippen LogP contribution in [0.25, 0.3) is 0 Å². The van der Waals surface area contributed by atoms with Gasteiger partial charge in [-0.05, 0) is 30.5 Å². The molecule has 1 aliphatic rings. The van der Waals surface area contributed by atoms with Crippen molar-refractivity contribution in [3.63, 3.8) is 0 Å². The lowest BCUT2D eigenvalue weighted by Gasteiger charge is -2.29. The number of hydrogen-bond acceptors (Lipinski definition) is 3. The molecule has 1 saturated heterocycles. The molecule has 1 aliphatic heterocycles. The third-order valence-electron chi connectivity index (χ3n) is 3.60. The molecular formula is C17H26O3. The van der Waals surface area contributed by atoms with Gasteiger partial charge in [-0.2, -0.15) is 0 Å². The minimum atomic E-state index is 0.0628. The summed E-state index contributed by atoms with van der Waals surface area (Å²) in [5.41, 5.74) is 1.17. The van der Waals surface area contributed by atoms with Crippen LogP contribution < -0.4 is 4.74 Å². The van der Waals surface area contributed by atoms with Crippen LogP contribution in [-0.2, 0) is 9.47 Å². The first kappa shape index (κ1) is 15.3. The van der Waals surface area contributed by atoms with E-state index in [2.05, 4.69) is 26.0 Å².